The highest BCUT2D eigenvalue weighted by molar-refractivity contribution is 5.69. The third kappa shape index (κ3) is 6.73. The van der Waals surface area contributed by atoms with E-state index in [-0.39, 0.29) is 12.3 Å². The molecule has 0 saturated heterocycles. The summed E-state index contributed by atoms with van der Waals surface area (Å²) in [5, 5.41) is 21.6. The first kappa shape index (κ1) is 21.5. The van der Waals surface area contributed by atoms with Gasteiger partial charge in [0.2, 0.25) is 0 Å². The molecular weight excluding hydrogens is 374 g/mol. The van der Waals surface area contributed by atoms with Gasteiger partial charge in [-0.05, 0) is 49.7 Å². The van der Waals surface area contributed by atoms with E-state index < -0.39 is 11.0 Å². The van der Waals surface area contributed by atoms with Crippen LogP contribution in [-0.4, -0.2) is 31.2 Å². The monoisotopic (exact) mass is 397 g/mol. The lowest BCUT2D eigenvalue weighted by molar-refractivity contribution is -0.384. The van der Waals surface area contributed by atoms with Gasteiger partial charge in [0.25, 0.3) is 5.69 Å². The second-order valence-corrected chi connectivity index (χ2v) is 6.41. The van der Waals surface area contributed by atoms with E-state index in [4.69, 9.17) is 4.74 Å². The molecule has 2 rings (SSSR count). The highest BCUT2D eigenvalue weighted by Crippen LogP contribution is 2.26. The number of carbonyl (C=O) groups is 1. The van der Waals surface area contributed by atoms with Crippen LogP contribution in [0.15, 0.2) is 65.0 Å². The number of anilines is 1. The zero-order chi connectivity index (χ0) is 21.4. The minimum atomic E-state index is -0.525. The van der Waals surface area contributed by atoms with Gasteiger partial charge in [-0.2, -0.15) is 10.2 Å². The Kier molecular flexibility index (Phi) is 7.41. The number of nitrogens with one attached hydrogen (secondary N) is 1. The number of alkyl carbamates (subject to hydrolysis) is 1. The lowest BCUT2D eigenvalue weighted by atomic mass is 10.2. The minimum Gasteiger partial charge on any atom is -0.447 e. The number of rotatable bonds is 8. The molecule has 0 heterocycles. The fourth-order valence-corrected chi connectivity index (χ4v) is 2.37. The Morgan fingerprint density at radius 2 is 1.93 bits per heavy atom. The summed E-state index contributed by atoms with van der Waals surface area (Å²) in [6.45, 7) is 7.76. The maximum atomic E-state index is 11.4. The summed E-state index contributed by atoms with van der Waals surface area (Å²) in [6.07, 6.45) is -0.525. The second-order valence-electron chi connectivity index (χ2n) is 6.41. The van der Waals surface area contributed by atoms with E-state index in [1.807, 2.05) is 36.2 Å². The van der Waals surface area contributed by atoms with Crippen LogP contribution >= 0.6 is 0 Å². The van der Waals surface area contributed by atoms with E-state index in [1.165, 1.54) is 12.1 Å². The topological polar surface area (TPSA) is 109 Å². The van der Waals surface area contributed by atoms with E-state index in [0.717, 1.165) is 5.69 Å². The van der Waals surface area contributed by atoms with Crippen molar-refractivity contribution in [3.05, 3.63) is 70.4 Å². The number of allylic oxidation sites excluding steroid dienone is 1. The second kappa shape index (κ2) is 9.98. The van der Waals surface area contributed by atoms with Crippen LogP contribution in [0.4, 0.5) is 27.5 Å². The molecule has 0 bridgehead atoms. The van der Waals surface area contributed by atoms with Crippen molar-refractivity contribution in [1.82, 2.24) is 5.32 Å². The van der Waals surface area contributed by atoms with Gasteiger partial charge in [0.15, 0.2) is 0 Å². The Morgan fingerprint density at radius 3 is 2.52 bits per heavy atom. The first-order valence-electron chi connectivity index (χ1n) is 8.83. The fraction of sp³-hybridized carbons (Fsp3) is 0.250. The van der Waals surface area contributed by atoms with Gasteiger partial charge in [0.1, 0.15) is 6.61 Å². The van der Waals surface area contributed by atoms with Crippen molar-refractivity contribution in [3.63, 3.8) is 0 Å². The molecule has 0 aliphatic heterocycles. The van der Waals surface area contributed by atoms with Gasteiger partial charge >= 0.3 is 6.09 Å². The number of nitrogens with zero attached hydrogens (tertiary/aromatic N) is 4. The van der Waals surface area contributed by atoms with E-state index in [0.29, 0.717) is 29.2 Å². The summed E-state index contributed by atoms with van der Waals surface area (Å²) < 4.78 is 5.06. The number of aryl methyl sites for hydroxylation is 1. The normalized spacial score (nSPS) is 10.6. The highest BCUT2D eigenvalue weighted by atomic mass is 16.6. The summed E-state index contributed by atoms with van der Waals surface area (Å²) in [5.41, 5.74) is 3.38. The van der Waals surface area contributed by atoms with Gasteiger partial charge in [-0.1, -0.05) is 6.58 Å². The van der Waals surface area contributed by atoms with Gasteiger partial charge < -0.3 is 9.64 Å². The van der Waals surface area contributed by atoms with Crippen LogP contribution in [0.5, 0.6) is 0 Å². The maximum Gasteiger partial charge on any atom is 0.411 e. The Labute approximate surface area is 168 Å². The average Bonchev–Trinajstić information content (AvgIpc) is 2.66. The Morgan fingerprint density at radius 1 is 1.24 bits per heavy atom. The van der Waals surface area contributed by atoms with E-state index >= 15 is 0 Å². The summed E-state index contributed by atoms with van der Waals surface area (Å²) in [4.78, 5) is 23.7. The maximum absolute atomic E-state index is 11.4. The Hall–Kier alpha value is -3.75. The summed E-state index contributed by atoms with van der Waals surface area (Å²) in [6, 6.07) is 11.8. The first-order valence-corrected chi connectivity index (χ1v) is 8.83. The first-order chi connectivity index (χ1) is 13.8. The van der Waals surface area contributed by atoms with Gasteiger partial charge in [0, 0.05) is 30.6 Å². The number of benzene rings is 2. The predicted octanol–water partition coefficient (Wildman–Crippen LogP) is 5.01. The number of nitro benzene ring substituents is 1. The number of hydrogen-bond acceptors (Lipinski definition) is 7. The third-order valence-corrected chi connectivity index (χ3v) is 3.93. The van der Waals surface area contributed by atoms with E-state index in [1.54, 1.807) is 19.9 Å². The van der Waals surface area contributed by atoms with Crippen molar-refractivity contribution in [2.24, 2.45) is 10.2 Å². The standard InChI is InChI=1S/C20H23N5O4/c1-14(2)21-20(26)29-12-11-24(4)17-7-5-16(6-8-17)22-23-19-10-9-18(25(27)28)13-15(19)3/h5-10,13H,1,11-12H2,2-4H3,(H,21,26). The van der Waals surface area contributed by atoms with Gasteiger partial charge in [0.05, 0.1) is 22.8 Å². The molecule has 0 fully saturated rings. The molecule has 2 aromatic carbocycles. The molecule has 0 radical (unpaired) electrons. The van der Waals surface area contributed by atoms with Crippen molar-refractivity contribution in [2.45, 2.75) is 13.8 Å². The molecule has 1 N–H and O–H groups in total. The number of non-ortho nitro benzene ring substituents is 1. The highest BCUT2D eigenvalue weighted by Gasteiger charge is 2.08. The minimum absolute atomic E-state index is 0.0231. The van der Waals surface area contributed by atoms with Crippen LogP contribution in [-0.2, 0) is 4.74 Å². The summed E-state index contributed by atoms with van der Waals surface area (Å²) in [5.74, 6) is 0. The smallest absolute Gasteiger partial charge is 0.411 e. The molecule has 0 atom stereocenters. The van der Waals surface area contributed by atoms with Crippen LogP contribution in [0.1, 0.15) is 12.5 Å². The molecular formula is C20H23N5O4. The van der Waals surface area contributed by atoms with E-state index in [2.05, 4.69) is 22.1 Å². The lowest BCUT2D eigenvalue weighted by Crippen LogP contribution is -2.28. The zero-order valence-corrected chi connectivity index (χ0v) is 16.6. The quantitative estimate of drug-likeness (QED) is 0.382. The molecule has 0 aromatic heterocycles. The number of ether oxygens (including phenoxy) is 1. The molecule has 0 aliphatic carbocycles. The van der Waals surface area contributed by atoms with Gasteiger partial charge in [-0.3, -0.25) is 15.4 Å². The van der Waals surface area contributed by atoms with Crippen molar-refractivity contribution in [2.75, 3.05) is 25.1 Å². The number of amides is 1. The Balaban J connectivity index is 1.92. The fourth-order valence-electron chi connectivity index (χ4n) is 2.37. The molecule has 2 aromatic rings. The SMILES string of the molecule is C=C(C)NC(=O)OCCN(C)c1ccc(N=Nc2ccc([N+](=O)[O-])cc2C)cc1. The molecule has 0 saturated carbocycles. The molecule has 0 aliphatic rings. The number of hydrogen-bond donors (Lipinski definition) is 1. The van der Waals surface area contributed by atoms with Crippen LogP contribution in [0.3, 0.4) is 0 Å². The van der Waals surface area contributed by atoms with E-state index in [9.17, 15) is 14.9 Å². The van der Waals surface area contributed by atoms with Gasteiger partial charge in [-0.25, -0.2) is 4.79 Å². The van der Waals surface area contributed by atoms with Gasteiger partial charge in [-0.15, -0.1) is 0 Å². The zero-order valence-electron chi connectivity index (χ0n) is 16.6. The van der Waals surface area contributed by atoms with Crippen LogP contribution in [0, 0.1) is 17.0 Å². The predicted molar refractivity (Wildman–Crippen MR) is 111 cm³/mol. The molecule has 152 valence electrons. The van der Waals surface area contributed by atoms with Crippen LogP contribution < -0.4 is 10.2 Å². The van der Waals surface area contributed by atoms with Crippen molar-refractivity contribution < 1.29 is 14.5 Å². The Bertz CT molecular complexity index is 925. The molecule has 9 heteroatoms. The number of nitro groups is 1. The molecule has 29 heavy (non-hydrogen) atoms. The average molecular weight is 397 g/mol. The number of carbonyl (C=O) groups excluding carboxylic acids is 1. The molecule has 0 spiro atoms. The molecule has 1 amide bonds. The van der Waals surface area contributed by atoms with Crippen LogP contribution in [0.25, 0.3) is 0 Å². The van der Waals surface area contributed by atoms with Crippen LogP contribution in [0.2, 0.25) is 0 Å². The van der Waals surface area contributed by atoms with Crippen molar-refractivity contribution in [3.8, 4) is 0 Å². The molecule has 9 nitrogen and oxygen atoms in total. The molecule has 0 unspecified atom stereocenters. The lowest BCUT2D eigenvalue weighted by Gasteiger charge is -2.19. The number of likely N-dealkylation sites (N-methyl/N-ethyl adjacent to an activating group) is 1. The van der Waals surface area contributed by atoms with Crippen molar-refractivity contribution in [1.29, 1.82) is 0 Å². The largest absolute Gasteiger partial charge is 0.447 e. The third-order valence-electron chi connectivity index (χ3n) is 3.93. The summed E-state index contributed by atoms with van der Waals surface area (Å²) >= 11 is 0. The number of azo groups is 1. The van der Waals surface area contributed by atoms with Crippen molar-refractivity contribution >= 4 is 28.8 Å². The summed E-state index contributed by atoms with van der Waals surface area (Å²) in [7, 11) is 1.89.